The van der Waals surface area contributed by atoms with Gasteiger partial charge in [-0.05, 0) is 54.5 Å². The Labute approximate surface area is 160 Å². The Morgan fingerprint density at radius 2 is 1.70 bits per heavy atom. The van der Waals surface area contributed by atoms with Gasteiger partial charge in [0, 0.05) is 13.1 Å². The molecule has 5 nitrogen and oxygen atoms in total. The summed E-state index contributed by atoms with van der Waals surface area (Å²) in [5.74, 6) is 0.635. The van der Waals surface area contributed by atoms with Crippen LogP contribution in [0.2, 0.25) is 0 Å². The number of carbonyl (C=O) groups is 2. The fourth-order valence-corrected chi connectivity index (χ4v) is 3.52. The molecule has 2 aromatic carbocycles. The van der Waals surface area contributed by atoms with E-state index >= 15 is 0 Å². The van der Waals surface area contributed by atoms with Crippen molar-refractivity contribution in [3.05, 3.63) is 42.5 Å². The second kappa shape index (κ2) is 8.89. The van der Waals surface area contributed by atoms with E-state index in [2.05, 4.69) is 6.92 Å². The van der Waals surface area contributed by atoms with Crippen LogP contribution in [-0.4, -0.2) is 43.1 Å². The number of likely N-dealkylation sites (N-methyl/N-ethyl adjacent to an activating group) is 1. The van der Waals surface area contributed by atoms with E-state index in [9.17, 15) is 9.59 Å². The van der Waals surface area contributed by atoms with E-state index in [4.69, 9.17) is 9.47 Å². The zero-order valence-electron chi connectivity index (χ0n) is 16.0. The number of hydrogen-bond donors (Lipinski definition) is 0. The van der Waals surface area contributed by atoms with Crippen molar-refractivity contribution in [1.82, 2.24) is 4.90 Å². The van der Waals surface area contributed by atoms with Crippen molar-refractivity contribution < 1.29 is 19.1 Å². The molecule has 0 spiro atoms. The highest BCUT2D eigenvalue weighted by atomic mass is 16.6. The summed E-state index contributed by atoms with van der Waals surface area (Å²) in [6.07, 6.45) is 4.31. The van der Waals surface area contributed by atoms with Crippen molar-refractivity contribution in [2.45, 2.75) is 38.6 Å². The van der Waals surface area contributed by atoms with Gasteiger partial charge in [0.1, 0.15) is 5.75 Å². The van der Waals surface area contributed by atoms with Crippen LogP contribution in [0.4, 0.5) is 0 Å². The van der Waals surface area contributed by atoms with Gasteiger partial charge >= 0.3 is 5.97 Å². The third-order valence-corrected chi connectivity index (χ3v) is 5.36. The Bertz CT molecular complexity index is 796. The van der Waals surface area contributed by atoms with Crippen LogP contribution in [0, 0.1) is 5.92 Å². The molecule has 0 heterocycles. The second-order valence-corrected chi connectivity index (χ2v) is 7.38. The van der Waals surface area contributed by atoms with Crippen molar-refractivity contribution in [1.29, 1.82) is 0 Å². The molecule has 0 aromatic heterocycles. The average molecular weight is 369 g/mol. The van der Waals surface area contributed by atoms with Crippen LogP contribution in [0.15, 0.2) is 42.5 Å². The molecular weight excluding hydrogens is 342 g/mol. The maximum Gasteiger partial charge on any atom is 0.344 e. The maximum atomic E-state index is 12.3. The van der Waals surface area contributed by atoms with E-state index in [1.54, 1.807) is 11.9 Å². The fraction of sp³-hybridized carbons (Fsp3) is 0.455. The third-order valence-electron chi connectivity index (χ3n) is 5.36. The standard InChI is InChI=1S/C22H27NO4/c1-16-7-10-19(11-8-16)23(2)21(24)14-27-22(25)15-26-20-12-9-17-5-3-4-6-18(17)13-20/h3-6,9,12-13,16,19H,7-8,10-11,14-15H2,1-2H3. The first-order chi connectivity index (χ1) is 13.0. The summed E-state index contributed by atoms with van der Waals surface area (Å²) in [5.41, 5.74) is 0. The molecule has 2 aromatic rings. The van der Waals surface area contributed by atoms with Crippen LogP contribution >= 0.6 is 0 Å². The molecule has 0 atom stereocenters. The lowest BCUT2D eigenvalue weighted by Crippen LogP contribution is -2.41. The molecule has 5 heteroatoms. The highest BCUT2D eigenvalue weighted by Crippen LogP contribution is 2.26. The summed E-state index contributed by atoms with van der Waals surface area (Å²) in [7, 11) is 1.79. The number of fused-ring (bicyclic) bond motifs is 1. The lowest BCUT2D eigenvalue weighted by atomic mass is 9.87. The Kier molecular flexibility index (Phi) is 6.32. The lowest BCUT2D eigenvalue weighted by molar-refractivity contribution is -0.154. The van der Waals surface area contributed by atoms with Gasteiger partial charge in [-0.1, -0.05) is 37.3 Å². The molecule has 0 saturated heterocycles. The predicted octanol–water partition coefficient (Wildman–Crippen LogP) is 3.80. The van der Waals surface area contributed by atoms with E-state index < -0.39 is 5.97 Å². The van der Waals surface area contributed by atoms with Crippen LogP contribution in [0.25, 0.3) is 10.8 Å². The molecule has 1 saturated carbocycles. The molecule has 0 unspecified atom stereocenters. The largest absolute Gasteiger partial charge is 0.482 e. The van der Waals surface area contributed by atoms with Gasteiger partial charge in [0.15, 0.2) is 13.2 Å². The Morgan fingerprint density at radius 1 is 1.00 bits per heavy atom. The van der Waals surface area contributed by atoms with Gasteiger partial charge in [0.2, 0.25) is 0 Å². The minimum atomic E-state index is -0.540. The fourth-order valence-electron chi connectivity index (χ4n) is 3.52. The Balaban J connectivity index is 1.42. The number of ether oxygens (including phenoxy) is 2. The number of esters is 1. The average Bonchev–Trinajstić information content (AvgIpc) is 2.70. The topological polar surface area (TPSA) is 55.8 Å². The molecule has 0 N–H and O–H groups in total. The summed E-state index contributed by atoms with van der Waals surface area (Å²) >= 11 is 0. The van der Waals surface area contributed by atoms with Gasteiger partial charge in [-0.2, -0.15) is 0 Å². The maximum absolute atomic E-state index is 12.3. The van der Waals surface area contributed by atoms with Crippen molar-refractivity contribution >= 4 is 22.6 Å². The van der Waals surface area contributed by atoms with E-state index in [0.717, 1.165) is 42.4 Å². The summed E-state index contributed by atoms with van der Waals surface area (Å²) in [5, 5.41) is 2.15. The number of rotatable bonds is 6. The van der Waals surface area contributed by atoms with Gasteiger partial charge in [-0.3, -0.25) is 4.79 Å². The van der Waals surface area contributed by atoms with E-state index in [-0.39, 0.29) is 25.2 Å². The minimum absolute atomic E-state index is 0.159. The van der Waals surface area contributed by atoms with Crippen LogP contribution < -0.4 is 4.74 Å². The molecule has 0 aliphatic heterocycles. The van der Waals surface area contributed by atoms with E-state index in [0.29, 0.717) is 5.75 Å². The SMILES string of the molecule is CC1CCC(N(C)C(=O)COC(=O)COc2ccc3ccccc3c2)CC1. The van der Waals surface area contributed by atoms with Crippen LogP contribution in [-0.2, 0) is 14.3 Å². The predicted molar refractivity (Wildman–Crippen MR) is 105 cm³/mol. The van der Waals surface area contributed by atoms with Crippen LogP contribution in [0.5, 0.6) is 5.75 Å². The Morgan fingerprint density at radius 3 is 2.44 bits per heavy atom. The minimum Gasteiger partial charge on any atom is -0.482 e. The molecule has 1 aliphatic rings. The van der Waals surface area contributed by atoms with Gasteiger partial charge in [-0.15, -0.1) is 0 Å². The van der Waals surface area contributed by atoms with Gasteiger partial charge < -0.3 is 14.4 Å². The molecule has 3 rings (SSSR count). The number of hydrogen-bond acceptors (Lipinski definition) is 4. The molecule has 1 fully saturated rings. The molecule has 27 heavy (non-hydrogen) atoms. The number of amides is 1. The monoisotopic (exact) mass is 369 g/mol. The van der Waals surface area contributed by atoms with E-state index in [1.165, 1.54) is 0 Å². The molecular formula is C22H27NO4. The smallest absolute Gasteiger partial charge is 0.344 e. The lowest BCUT2D eigenvalue weighted by Gasteiger charge is -2.33. The summed E-state index contributed by atoms with van der Waals surface area (Å²) in [6, 6.07) is 13.8. The highest BCUT2D eigenvalue weighted by molar-refractivity contribution is 5.84. The third kappa shape index (κ3) is 5.22. The molecule has 0 bridgehead atoms. The first-order valence-corrected chi connectivity index (χ1v) is 9.56. The van der Waals surface area contributed by atoms with Crippen molar-refractivity contribution in [2.24, 2.45) is 5.92 Å². The van der Waals surface area contributed by atoms with Crippen LogP contribution in [0.3, 0.4) is 0 Å². The number of nitrogens with zero attached hydrogens (tertiary/aromatic N) is 1. The molecule has 0 radical (unpaired) electrons. The van der Waals surface area contributed by atoms with E-state index in [1.807, 2.05) is 42.5 Å². The second-order valence-electron chi connectivity index (χ2n) is 7.38. The highest BCUT2D eigenvalue weighted by Gasteiger charge is 2.25. The first kappa shape index (κ1) is 19.2. The molecule has 1 aliphatic carbocycles. The summed E-state index contributed by atoms with van der Waals surface area (Å²) in [6.45, 7) is 1.80. The number of carbonyl (C=O) groups excluding carboxylic acids is 2. The van der Waals surface area contributed by atoms with Gasteiger partial charge in [0.05, 0.1) is 0 Å². The normalized spacial score (nSPS) is 19.5. The summed E-state index contributed by atoms with van der Waals surface area (Å²) in [4.78, 5) is 25.9. The Hall–Kier alpha value is -2.56. The summed E-state index contributed by atoms with van der Waals surface area (Å²) < 4.78 is 10.6. The molecule has 144 valence electrons. The van der Waals surface area contributed by atoms with Gasteiger partial charge in [-0.25, -0.2) is 4.79 Å². The number of benzene rings is 2. The van der Waals surface area contributed by atoms with Crippen LogP contribution in [0.1, 0.15) is 32.6 Å². The van der Waals surface area contributed by atoms with Gasteiger partial charge in [0.25, 0.3) is 5.91 Å². The zero-order chi connectivity index (χ0) is 19.2. The van der Waals surface area contributed by atoms with Crippen molar-refractivity contribution in [3.63, 3.8) is 0 Å². The quantitative estimate of drug-likeness (QED) is 0.727. The zero-order valence-corrected chi connectivity index (χ0v) is 16.0. The molecule has 1 amide bonds. The van der Waals surface area contributed by atoms with Crippen molar-refractivity contribution in [3.8, 4) is 5.75 Å². The first-order valence-electron chi connectivity index (χ1n) is 9.56. The van der Waals surface area contributed by atoms with Crippen molar-refractivity contribution in [2.75, 3.05) is 20.3 Å².